The third kappa shape index (κ3) is 5.95. The summed E-state index contributed by atoms with van der Waals surface area (Å²) in [5, 5.41) is 3.06. The molecule has 39 heavy (non-hydrogen) atoms. The van der Waals surface area contributed by atoms with Gasteiger partial charge in [-0.15, -0.1) is 0 Å². The van der Waals surface area contributed by atoms with E-state index in [1.807, 2.05) is 9.80 Å². The Morgan fingerprint density at radius 3 is 2.28 bits per heavy atom. The molecule has 210 valence electrons. The zero-order chi connectivity index (χ0) is 27.5. The van der Waals surface area contributed by atoms with Crippen molar-refractivity contribution in [3.63, 3.8) is 0 Å². The van der Waals surface area contributed by atoms with Gasteiger partial charge in [-0.3, -0.25) is 9.59 Å². The number of hydrogen-bond donors (Lipinski definition) is 2. The summed E-state index contributed by atoms with van der Waals surface area (Å²) >= 11 is 0. The van der Waals surface area contributed by atoms with Gasteiger partial charge in [0.1, 0.15) is 5.69 Å². The van der Waals surface area contributed by atoms with Crippen LogP contribution in [0, 0.1) is 5.92 Å². The number of hydrogen-bond acceptors (Lipinski definition) is 12. The van der Waals surface area contributed by atoms with Crippen molar-refractivity contribution in [3.05, 3.63) is 11.9 Å². The van der Waals surface area contributed by atoms with Crippen LogP contribution in [0.1, 0.15) is 12.1 Å². The molecule has 3 saturated heterocycles. The lowest BCUT2D eigenvalue weighted by atomic mass is 10.0. The van der Waals surface area contributed by atoms with Crippen LogP contribution < -0.4 is 20.9 Å². The van der Waals surface area contributed by atoms with Gasteiger partial charge in [-0.25, -0.2) is 18.7 Å². The van der Waals surface area contributed by atoms with E-state index in [9.17, 15) is 18.4 Å². The average Bonchev–Trinajstić information content (AvgIpc) is 2.92. The monoisotopic (exact) mass is 547 g/mol. The Morgan fingerprint density at radius 1 is 1.05 bits per heavy atom. The molecule has 0 atom stereocenters. The van der Waals surface area contributed by atoms with E-state index in [2.05, 4.69) is 30.2 Å². The van der Waals surface area contributed by atoms with Gasteiger partial charge in [0.25, 0.3) is 6.43 Å². The molecule has 2 amide bonds. The number of anilines is 3. The van der Waals surface area contributed by atoms with Crippen LogP contribution in [0.5, 0.6) is 0 Å². The van der Waals surface area contributed by atoms with Gasteiger partial charge in [0.05, 0.1) is 31.2 Å². The van der Waals surface area contributed by atoms with Gasteiger partial charge >= 0.3 is 0 Å². The van der Waals surface area contributed by atoms with Crippen LogP contribution in [-0.4, -0.2) is 126 Å². The molecule has 16 heteroatoms. The molecule has 5 rings (SSSR count). The Labute approximate surface area is 223 Å². The number of alkyl halides is 2. The number of likely N-dealkylation sites (N-methyl/N-ethyl adjacent to an activating group) is 1. The van der Waals surface area contributed by atoms with Crippen LogP contribution in [-0.2, 0) is 14.3 Å². The van der Waals surface area contributed by atoms with Crippen molar-refractivity contribution >= 4 is 29.7 Å². The van der Waals surface area contributed by atoms with Crippen LogP contribution in [0.15, 0.2) is 6.20 Å². The average molecular weight is 548 g/mol. The van der Waals surface area contributed by atoms with Crippen LogP contribution >= 0.6 is 0 Å². The number of rotatable bonds is 7. The molecule has 0 aromatic carbocycles. The van der Waals surface area contributed by atoms with Gasteiger partial charge < -0.3 is 35.4 Å². The minimum atomic E-state index is -2.91. The van der Waals surface area contributed by atoms with E-state index in [0.29, 0.717) is 77.5 Å². The van der Waals surface area contributed by atoms with Crippen molar-refractivity contribution in [2.24, 2.45) is 5.92 Å². The maximum atomic E-state index is 13.8. The van der Waals surface area contributed by atoms with Gasteiger partial charge in [0.2, 0.25) is 29.7 Å². The van der Waals surface area contributed by atoms with E-state index in [1.54, 1.807) is 11.9 Å². The number of piperazine rings is 1. The minimum absolute atomic E-state index is 0.0139. The van der Waals surface area contributed by atoms with Gasteiger partial charge in [-0.1, -0.05) is 0 Å². The van der Waals surface area contributed by atoms with Gasteiger partial charge in [0, 0.05) is 65.6 Å². The fraction of sp³-hybridized carbons (Fsp3) is 0.609. The lowest BCUT2D eigenvalue weighted by Crippen LogP contribution is -2.55. The molecule has 3 fully saturated rings. The third-order valence-corrected chi connectivity index (χ3v) is 6.98. The second-order valence-electron chi connectivity index (χ2n) is 9.60. The summed E-state index contributed by atoms with van der Waals surface area (Å²) in [7, 11) is 1.64. The van der Waals surface area contributed by atoms with Crippen LogP contribution in [0.25, 0.3) is 11.4 Å². The predicted octanol–water partition coefficient (Wildman–Crippen LogP) is -0.989. The quantitative estimate of drug-likeness (QED) is 0.437. The summed E-state index contributed by atoms with van der Waals surface area (Å²) in [6, 6.07) is 0. The summed E-state index contributed by atoms with van der Waals surface area (Å²) in [6.07, 6.45) is -1.71. The number of morpholine rings is 1. The van der Waals surface area contributed by atoms with Crippen molar-refractivity contribution in [3.8, 4) is 11.4 Å². The molecule has 0 spiro atoms. The van der Waals surface area contributed by atoms with E-state index in [1.165, 1.54) is 11.1 Å². The van der Waals surface area contributed by atoms with E-state index >= 15 is 0 Å². The largest absolute Gasteiger partial charge is 0.378 e. The lowest BCUT2D eigenvalue weighted by molar-refractivity contribution is -0.142. The molecule has 3 aliphatic rings. The third-order valence-electron chi connectivity index (χ3n) is 6.98. The van der Waals surface area contributed by atoms with Crippen molar-refractivity contribution < 1.29 is 23.1 Å². The molecule has 0 bridgehead atoms. The molecule has 5 heterocycles. The van der Waals surface area contributed by atoms with E-state index in [0.717, 1.165) is 0 Å². The number of carbonyl (C=O) groups is 2. The smallest absolute Gasteiger partial charge is 0.281 e. The maximum absolute atomic E-state index is 13.8. The standard InChI is InChI=1S/C23H31F2N11O3/c1-33(20(38)14-10-27-11-14)13-16(37)34-2-4-35(5-3-34)22-30-19(15-12-28-21(26)29-17(15)18(24)25)31-23(32-22)36-6-8-39-9-7-36/h12,14,18,27H,2-11,13H2,1H3,(H2,26,28,29). The summed E-state index contributed by atoms with van der Waals surface area (Å²) in [5.74, 6) is 0.132. The molecule has 3 N–H and O–H groups in total. The Hall–Kier alpha value is -3.79. The maximum Gasteiger partial charge on any atom is 0.281 e. The number of aromatic nitrogens is 5. The molecular formula is C23H31F2N11O3. The zero-order valence-corrected chi connectivity index (χ0v) is 21.6. The molecule has 2 aromatic heterocycles. The second-order valence-corrected chi connectivity index (χ2v) is 9.60. The highest BCUT2D eigenvalue weighted by molar-refractivity contribution is 5.86. The Bertz CT molecular complexity index is 1200. The Balaban J connectivity index is 1.34. The fourth-order valence-electron chi connectivity index (χ4n) is 4.58. The lowest BCUT2D eigenvalue weighted by Gasteiger charge is -2.36. The highest BCUT2D eigenvalue weighted by Gasteiger charge is 2.31. The molecule has 2 aromatic rings. The van der Waals surface area contributed by atoms with Crippen LogP contribution in [0.4, 0.5) is 26.6 Å². The molecule has 14 nitrogen and oxygen atoms in total. The first-order valence-corrected chi connectivity index (χ1v) is 12.8. The number of halogens is 2. The molecule has 0 saturated carbocycles. The van der Waals surface area contributed by atoms with Crippen molar-refractivity contribution in [2.75, 3.05) is 94.7 Å². The van der Waals surface area contributed by atoms with Crippen LogP contribution in [0.3, 0.4) is 0 Å². The number of amides is 2. The molecule has 0 unspecified atom stereocenters. The Kier molecular flexibility index (Phi) is 7.92. The predicted molar refractivity (Wildman–Crippen MR) is 136 cm³/mol. The number of nitrogens with zero attached hydrogens (tertiary/aromatic N) is 9. The van der Waals surface area contributed by atoms with E-state index in [4.69, 9.17) is 10.5 Å². The summed E-state index contributed by atoms with van der Waals surface area (Å²) in [5.41, 5.74) is 4.97. The molecular weight excluding hydrogens is 516 g/mol. The SMILES string of the molecule is CN(CC(=O)N1CCN(c2nc(-c3cnc(N)nc3C(F)F)nc(N3CCOCC3)n2)CC1)C(=O)C1CNC1. The summed E-state index contributed by atoms with van der Waals surface area (Å²) < 4.78 is 33.0. The van der Waals surface area contributed by atoms with E-state index < -0.39 is 12.1 Å². The highest BCUT2D eigenvalue weighted by atomic mass is 19.3. The number of nitrogens with two attached hydrogens (primary N) is 1. The number of ether oxygens (including phenoxy) is 1. The first kappa shape index (κ1) is 26.8. The molecule has 0 aliphatic carbocycles. The summed E-state index contributed by atoms with van der Waals surface area (Å²) in [6.45, 7) is 4.96. The number of carbonyl (C=O) groups excluding carboxylic acids is 2. The van der Waals surface area contributed by atoms with E-state index in [-0.39, 0.29) is 41.6 Å². The van der Waals surface area contributed by atoms with Crippen LogP contribution in [0.2, 0.25) is 0 Å². The first-order chi connectivity index (χ1) is 18.8. The number of nitrogen functional groups attached to an aromatic ring is 1. The fourth-order valence-corrected chi connectivity index (χ4v) is 4.58. The zero-order valence-electron chi connectivity index (χ0n) is 21.6. The normalized spacial score (nSPS) is 18.3. The Morgan fingerprint density at radius 2 is 1.69 bits per heavy atom. The van der Waals surface area contributed by atoms with Gasteiger partial charge in [-0.2, -0.15) is 15.0 Å². The molecule has 3 aliphatic heterocycles. The molecule has 0 radical (unpaired) electrons. The number of nitrogens with one attached hydrogen (secondary N) is 1. The highest BCUT2D eigenvalue weighted by Crippen LogP contribution is 2.30. The first-order valence-electron chi connectivity index (χ1n) is 12.8. The van der Waals surface area contributed by atoms with Crippen molar-refractivity contribution in [1.82, 2.24) is 40.0 Å². The second kappa shape index (κ2) is 11.5. The minimum Gasteiger partial charge on any atom is -0.378 e. The van der Waals surface area contributed by atoms with Gasteiger partial charge in [-0.05, 0) is 0 Å². The van der Waals surface area contributed by atoms with Crippen molar-refractivity contribution in [2.45, 2.75) is 6.43 Å². The summed E-state index contributed by atoms with van der Waals surface area (Å²) in [4.78, 5) is 53.4. The van der Waals surface area contributed by atoms with Crippen molar-refractivity contribution in [1.29, 1.82) is 0 Å². The van der Waals surface area contributed by atoms with Gasteiger partial charge in [0.15, 0.2) is 5.82 Å². The topological polar surface area (TPSA) is 159 Å².